The molecular formula is C13H16O5S. The van der Waals surface area contributed by atoms with Crippen molar-refractivity contribution in [3.63, 3.8) is 0 Å². The maximum atomic E-state index is 11.9. The summed E-state index contributed by atoms with van der Waals surface area (Å²) in [6.07, 6.45) is -0.344. The molecule has 0 spiro atoms. The molecule has 1 atom stereocenters. The first-order valence-corrected chi connectivity index (χ1v) is 7.08. The van der Waals surface area contributed by atoms with Gasteiger partial charge in [-0.2, -0.15) is 0 Å². The number of rotatable bonds is 7. The molecule has 0 aliphatic rings. The van der Waals surface area contributed by atoms with Gasteiger partial charge in [0.05, 0.1) is 30.3 Å². The van der Waals surface area contributed by atoms with Crippen LogP contribution in [0, 0.1) is 0 Å². The van der Waals surface area contributed by atoms with Crippen molar-refractivity contribution in [2.75, 3.05) is 19.5 Å². The fourth-order valence-corrected chi connectivity index (χ4v) is 2.44. The minimum Gasteiger partial charge on any atom is -0.497 e. The van der Waals surface area contributed by atoms with E-state index in [9.17, 15) is 13.8 Å². The van der Waals surface area contributed by atoms with E-state index in [4.69, 9.17) is 4.74 Å². The number of hydrogen-bond acceptors (Lipinski definition) is 5. The molecule has 0 aliphatic heterocycles. The maximum absolute atomic E-state index is 11.9. The molecule has 1 rings (SSSR count). The van der Waals surface area contributed by atoms with Crippen LogP contribution in [-0.2, 0) is 25.1 Å². The summed E-state index contributed by atoms with van der Waals surface area (Å²) in [5.74, 6) is -0.621. The third kappa shape index (κ3) is 5.21. The second kappa shape index (κ2) is 7.68. The molecule has 0 saturated heterocycles. The van der Waals surface area contributed by atoms with Crippen molar-refractivity contribution in [1.82, 2.24) is 0 Å². The highest BCUT2D eigenvalue weighted by Gasteiger charge is 2.15. The zero-order valence-corrected chi connectivity index (χ0v) is 11.7. The third-order valence-electron chi connectivity index (χ3n) is 2.24. The van der Waals surface area contributed by atoms with Crippen molar-refractivity contribution in [2.24, 2.45) is 0 Å². The summed E-state index contributed by atoms with van der Waals surface area (Å²) in [4.78, 5) is 23.1. The number of carbonyl (C=O) groups excluding carboxylic acids is 2. The molecule has 0 amide bonds. The smallest absolute Gasteiger partial charge is 0.313 e. The molecule has 0 aromatic heterocycles. The van der Waals surface area contributed by atoms with Crippen LogP contribution in [0.5, 0.6) is 5.75 Å². The second-order valence-corrected chi connectivity index (χ2v) is 5.14. The van der Waals surface area contributed by atoms with Gasteiger partial charge in [0.2, 0.25) is 0 Å². The van der Waals surface area contributed by atoms with Gasteiger partial charge in [0.25, 0.3) is 0 Å². The molecule has 0 saturated carbocycles. The molecule has 0 fully saturated rings. The lowest BCUT2D eigenvalue weighted by molar-refractivity contribution is -0.145. The third-order valence-corrected chi connectivity index (χ3v) is 3.61. The second-order valence-electron chi connectivity index (χ2n) is 3.69. The van der Waals surface area contributed by atoms with E-state index in [2.05, 4.69) is 4.74 Å². The molecule has 104 valence electrons. The van der Waals surface area contributed by atoms with Crippen LogP contribution >= 0.6 is 0 Å². The van der Waals surface area contributed by atoms with Crippen LogP contribution in [0.1, 0.15) is 13.3 Å². The first kappa shape index (κ1) is 15.4. The summed E-state index contributed by atoms with van der Waals surface area (Å²) in [5, 5.41) is 0. The van der Waals surface area contributed by atoms with Gasteiger partial charge in [-0.1, -0.05) is 6.07 Å². The Morgan fingerprint density at radius 1 is 1.32 bits per heavy atom. The monoisotopic (exact) mass is 284 g/mol. The Balaban J connectivity index is 2.59. The standard InChI is InChI=1S/C13H16O5S/c1-3-18-13(15)7-10(14)9-19(16)12-6-4-5-11(8-12)17-2/h4-6,8H,3,7,9H2,1-2H3. The molecule has 1 aromatic carbocycles. The first-order valence-electron chi connectivity index (χ1n) is 5.76. The lowest BCUT2D eigenvalue weighted by Crippen LogP contribution is -2.17. The Morgan fingerprint density at radius 2 is 2.05 bits per heavy atom. The average molecular weight is 284 g/mol. The molecule has 0 aliphatic carbocycles. The number of benzene rings is 1. The van der Waals surface area contributed by atoms with Gasteiger partial charge >= 0.3 is 5.97 Å². The van der Waals surface area contributed by atoms with E-state index in [1.54, 1.807) is 31.2 Å². The van der Waals surface area contributed by atoms with Crippen molar-refractivity contribution in [2.45, 2.75) is 18.2 Å². The molecular weight excluding hydrogens is 268 g/mol. The van der Waals surface area contributed by atoms with Crippen molar-refractivity contribution >= 4 is 22.6 Å². The number of ether oxygens (including phenoxy) is 2. The van der Waals surface area contributed by atoms with E-state index in [1.165, 1.54) is 7.11 Å². The molecule has 19 heavy (non-hydrogen) atoms. The predicted molar refractivity (Wildman–Crippen MR) is 70.5 cm³/mol. The molecule has 0 N–H and O–H groups in total. The zero-order chi connectivity index (χ0) is 14.3. The largest absolute Gasteiger partial charge is 0.497 e. The van der Waals surface area contributed by atoms with Gasteiger partial charge in [0.15, 0.2) is 5.78 Å². The summed E-state index contributed by atoms with van der Waals surface area (Å²) in [7, 11) is 0.0248. The number of hydrogen-bond donors (Lipinski definition) is 0. The zero-order valence-electron chi connectivity index (χ0n) is 10.9. The summed E-state index contributed by atoms with van der Waals surface area (Å²) in [6, 6.07) is 6.67. The number of esters is 1. The Morgan fingerprint density at radius 3 is 2.68 bits per heavy atom. The molecule has 0 bridgehead atoms. The highest BCUT2D eigenvalue weighted by Crippen LogP contribution is 2.16. The van der Waals surface area contributed by atoms with Crippen LogP contribution in [0.25, 0.3) is 0 Å². The number of Topliss-reactive ketones (excluding diaryl/α,β-unsaturated/α-hetero) is 1. The van der Waals surface area contributed by atoms with Crippen LogP contribution in [-0.4, -0.2) is 35.4 Å². The van der Waals surface area contributed by atoms with Gasteiger partial charge in [0.1, 0.15) is 12.2 Å². The number of ketones is 1. The van der Waals surface area contributed by atoms with Crippen LogP contribution in [0.4, 0.5) is 0 Å². The van der Waals surface area contributed by atoms with E-state index in [0.29, 0.717) is 10.6 Å². The summed E-state index contributed by atoms with van der Waals surface area (Å²) < 4.78 is 21.6. The molecule has 5 nitrogen and oxygen atoms in total. The van der Waals surface area contributed by atoms with E-state index >= 15 is 0 Å². The summed E-state index contributed by atoms with van der Waals surface area (Å²) in [5.41, 5.74) is 0. The molecule has 1 unspecified atom stereocenters. The van der Waals surface area contributed by atoms with Gasteiger partial charge < -0.3 is 9.47 Å². The number of carbonyl (C=O) groups is 2. The Kier molecular flexibility index (Phi) is 6.21. The Labute approximate surface area is 114 Å². The lowest BCUT2D eigenvalue weighted by atomic mass is 10.3. The molecule has 0 radical (unpaired) electrons. The fraction of sp³-hybridized carbons (Fsp3) is 0.385. The van der Waals surface area contributed by atoms with Gasteiger partial charge in [-0.25, -0.2) is 0 Å². The predicted octanol–water partition coefficient (Wildman–Crippen LogP) is 1.33. The van der Waals surface area contributed by atoms with Crippen molar-refractivity contribution in [3.05, 3.63) is 24.3 Å². The minimum atomic E-state index is -1.48. The fourth-order valence-electron chi connectivity index (χ4n) is 1.40. The Hall–Kier alpha value is -1.69. The van der Waals surface area contributed by atoms with Crippen LogP contribution < -0.4 is 4.74 Å². The maximum Gasteiger partial charge on any atom is 0.313 e. The van der Waals surface area contributed by atoms with Crippen molar-refractivity contribution < 1.29 is 23.3 Å². The first-order chi connectivity index (χ1) is 9.06. The van der Waals surface area contributed by atoms with Crippen LogP contribution in [0.15, 0.2) is 29.2 Å². The summed E-state index contributed by atoms with van der Waals surface area (Å²) >= 11 is 0. The highest BCUT2D eigenvalue weighted by atomic mass is 32.2. The van der Waals surface area contributed by atoms with Crippen LogP contribution in [0.3, 0.4) is 0 Å². The van der Waals surface area contributed by atoms with Gasteiger partial charge in [0, 0.05) is 4.90 Å². The lowest BCUT2D eigenvalue weighted by Gasteiger charge is -2.04. The van der Waals surface area contributed by atoms with Gasteiger partial charge in [-0.15, -0.1) is 0 Å². The van der Waals surface area contributed by atoms with E-state index in [0.717, 1.165) is 0 Å². The highest BCUT2D eigenvalue weighted by molar-refractivity contribution is 7.85. The topological polar surface area (TPSA) is 69.7 Å². The van der Waals surface area contributed by atoms with E-state index in [1.807, 2.05) is 0 Å². The number of methoxy groups -OCH3 is 1. The minimum absolute atomic E-state index is 0.202. The van der Waals surface area contributed by atoms with Crippen LogP contribution in [0.2, 0.25) is 0 Å². The molecule has 1 aromatic rings. The van der Waals surface area contributed by atoms with Gasteiger partial charge in [-0.05, 0) is 25.1 Å². The SMILES string of the molecule is CCOC(=O)CC(=O)CS(=O)c1cccc(OC)c1. The Bertz CT molecular complexity index is 484. The van der Waals surface area contributed by atoms with E-state index in [-0.39, 0.29) is 18.8 Å². The van der Waals surface area contributed by atoms with Gasteiger partial charge in [-0.3, -0.25) is 13.8 Å². The summed E-state index contributed by atoms with van der Waals surface area (Å²) in [6.45, 7) is 1.89. The average Bonchev–Trinajstić information content (AvgIpc) is 2.38. The normalized spacial score (nSPS) is 11.7. The van der Waals surface area contributed by atoms with Crippen molar-refractivity contribution in [3.8, 4) is 5.75 Å². The van der Waals surface area contributed by atoms with Crippen molar-refractivity contribution in [1.29, 1.82) is 0 Å². The quantitative estimate of drug-likeness (QED) is 0.558. The molecule has 0 heterocycles. The molecule has 6 heteroatoms. The van der Waals surface area contributed by atoms with E-state index < -0.39 is 22.6 Å².